The number of Topliss-reactive ketones (excluding diaryl/α,β-unsaturated/α-hetero) is 1. The molecule has 0 bridgehead atoms. The molecule has 1 aliphatic rings. The van der Waals surface area contributed by atoms with Gasteiger partial charge in [-0.15, -0.1) is 0 Å². The minimum atomic E-state index is -1.11. The molecule has 0 aromatic heterocycles. The number of aryl methyl sites for hydroxylation is 1. The van der Waals surface area contributed by atoms with Crippen LogP contribution in [0.25, 0.3) is 0 Å². The zero-order valence-electron chi connectivity index (χ0n) is 26.6. The molecule has 1 heterocycles. The van der Waals surface area contributed by atoms with Crippen molar-refractivity contribution in [2.75, 3.05) is 31.0 Å². The van der Waals surface area contributed by atoms with E-state index in [0.29, 0.717) is 28.4 Å². The maximum atomic E-state index is 14.4. The Balaban J connectivity index is 1.59. The molecule has 3 amide bonds. The molecular formula is C37H37N3O6. The highest BCUT2D eigenvalue weighted by atomic mass is 16.5. The quantitative estimate of drug-likeness (QED) is 0.204. The van der Waals surface area contributed by atoms with Gasteiger partial charge >= 0.3 is 0 Å². The number of hydrogen-bond donors (Lipinski definition) is 1. The van der Waals surface area contributed by atoms with E-state index < -0.39 is 36.1 Å². The summed E-state index contributed by atoms with van der Waals surface area (Å²) in [6, 6.07) is 25.7. The molecule has 4 aromatic rings. The van der Waals surface area contributed by atoms with E-state index in [4.69, 9.17) is 9.47 Å². The van der Waals surface area contributed by atoms with Crippen LogP contribution >= 0.6 is 0 Å². The van der Waals surface area contributed by atoms with Gasteiger partial charge in [0.15, 0.2) is 0 Å². The summed E-state index contributed by atoms with van der Waals surface area (Å²) < 4.78 is 10.8. The van der Waals surface area contributed by atoms with Gasteiger partial charge in [0.2, 0.25) is 5.91 Å². The number of fused-ring (bicyclic) bond motifs is 1. The third-order valence-electron chi connectivity index (χ3n) is 8.24. The van der Waals surface area contributed by atoms with Gasteiger partial charge in [-0.05, 0) is 59.4 Å². The minimum Gasteiger partial charge on any atom is -0.497 e. The Kier molecular flexibility index (Phi) is 9.51. The molecule has 0 saturated heterocycles. The second-order valence-electron chi connectivity index (χ2n) is 11.5. The van der Waals surface area contributed by atoms with Crippen LogP contribution in [0.5, 0.6) is 11.5 Å². The van der Waals surface area contributed by atoms with Gasteiger partial charge in [-0.1, -0.05) is 74.5 Å². The lowest BCUT2D eigenvalue weighted by atomic mass is 9.97. The summed E-state index contributed by atoms with van der Waals surface area (Å²) in [4.78, 5) is 57.3. The lowest BCUT2D eigenvalue weighted by Crippen LogP contribution is -2.46. The first-order valence-electron chi connectivity index (χ1n) is 15.0. The lowest BCUT2D eigenvalue weighted by Gasteiger charge is -2.33. The molecular weight excluding hydrogens is 582 g/mol. The predicted molar refractivity (Wildman–Crippen MR) is 176 cm³/mol. The van der Waals surface area contributed by atoms with E-state index in [0.717, 1.165) is 16.7 Å². The van der Waals surface area contributed by atoms with Crippen LogP contribution in [0.2, 0.25) is 0 Å². The lowest BCUT2D eigenvalue weighted by molar-refractivity contribution is -0.139. The first-order chi connectivity index (χ1) is 22.1. The Morgan fingerprint density at radius 1 is 0.848 bits per heavy atom. The van der Waals surface area contributed by atoms with Crippen molar-refractivity contribution in [1.82, 2.24) is 4.90 Å². The SMILES string of the molecule is COc1ccc(NC(=O)C(c2ccc(C(C)C)cc2)N(Cc2ccccc2C)C(=O)CN2C(=O)C(=O)c3ccccc32)c(OC)c1. The number of ketones is 1. The fraction of sp³-hybridized carbons (Fsp3) is 0.243. The molecule has 1 atom stereocenters. The molecule has 0 radical (unpaired) electrons. The van der Waals surface area contributed by atoms with E-state index in [1.165, 1.54) is 24.0 Å². The molecule has 9 heteroatoms. The van der Waals surface area contributed by atoms with Gasteiger partial charge in [0.25, 0.3) is 17.6 Å². The smallest absolute Gasteiger partial charge is 0.299 e. The zero-order valence-corrected chi connectivity index (χ0v) is 26.6. The number of hydrogen-bond acceptors (Lipinski definition) is 6. The van der Waals surface area contributed by atoms with Crippen molar-refractivity contribution in [3.63, 3.8) is 0 Å². The molecule has 9 nitrogen and oxygen atoms in total. The average Bonchev–Trinajstić information content (AvgIpc) is 3.30. The molecule has 0 aliphatic carbocycles. The summed E-state index contributed by atoms with van der Waals surface area (Å²) in [5.74, 6) is -1.24. The van der Waals surface area contributed by atoms with E-state index in [9.17, 15) is 19.2 Å². The number of ether oxygens (including phenoxy) is 2. The van der Waals surface area contributed by atoms with Crippen molar-refractivity contribution < 1.29 is 28.7 Å². The van der Waals surface area contributed by atoms with Gasteiger partial charge < -0.3 is 19.7 Å². The summed E-state index contributed by atoms with van der Waals surface area (Å²) in [5, 5.41) is 2.96. The first kappa shape index (κ1) is 32.0. The van der Waals surface area contributed by atoms with Gasteiger partial charge in [-0.25, -0.2) is 0 Å². The average molecular weight is 620 g/mol. The molecule has 46 heavy (non-hydrogen) atoms. The monoisotopic (exact) mass is 619 g/mol. The highest BCUT2D eigenvalue weighted by Gasteiger charge is 2.39. The molecule has 0 fully saturated rings. The summed E-state index contributed by atoms with van der Waals surface area (Å²) in [5.41, 5.74) is 4.44. The molecule has 1 unspecified atom stereocenters. The van der Waals surface area contributed by atoms with Crippen LogP contribution in [-0.2, 0) is 20.9 Å². The number of carbonyl (C=O) groups is 4. The minimum absolute atomic E-state index is 0.0763. The van der Waals surface area contributed by atoms with E-state index >= 15 is 0 Å². The zero-order chi connectivity index (χ0) is 33.0. The first-order valence-corrected chi connectivity index (χ1v) is 15.0. The number of carbonyl (C=O) groups excluding carboxylic acids is 4. The van der Waals surface area contributed by atoms with Crippen LogP contribution in [0.1, 0.15) is 58.4 Å². The number of nitrogens with one attached hydrogen (secondary N) is 1. The maximum absolute atomic E-state index is 14.4. The van der Waals surface area contributed by atoms with Crippen molar-refractivity contribution in [3.8, 4) is 11.5 Å². The normalized spacial score (nSPS) is 13.0. The fourth-order valence-corrected chi connectivity index (χ4v) is 5.56. The third kappa shape index (κ3) is 6.49. The number of para-hydroxylation sites is 1. The van der Waals surface area contributed by atoms with Crippen molar-refractivity contribution in [3.05, 3.63) is 119 Å². The topological polar surface area (TPSA) is 105 Å². The summed E-state index contributed by atoms with van der Waals surface area (Å²) in [6.45, 7) is 5.75. The number of amides is 3. The van der Waals surface area contributed by atoms with E-state index in [1.807, 2.05) is 55.5 Å². The van der Waals surface area contributed by atoms with Crippen LogP contribution < -0.4 is 19.7 Å². The number of anilines is 2. The highest BCUT2D eigenvalue weighted by Crippen LogP contribution is 2.34. The predicted octanol–water partition coefficient (Wildman–Crippen LogP) is 6.07. The molecule has 1 N–H and O–H groups in total. The van der Waals surface area contributed by atoms with Gasteiger partial charge in [0, 0.05) is 12.6 Å². The van der Waals surface area contributed by atoms with Crippen LogP contribution in [0.4, 0.5) is 11.4 Å². The fourth-order valence-electron chi connectivity index (χ4n) is 5.56. The Bertz CT molecular complexity index is 1780. The number of rotatable bonds is 11. The summed E-state index contributed by atoms with van der Waals surface area (Å²) in [7, 11) is 3.03. The molecule has 5 rings (SSSR count). The largest absolute Gasteiger partial charge is 0.497 e. The van der Waals surface area contributed by atoms with Crippen molar-refractivity contribution in [2.45, 2.75) is 39.3 Å². The highest BCUT2D eigenvalue weighted by molar-refractivity contribution is 6.52. The van der Waals surface area contributed by atoms with Crippen LogP contribution in [0, 0.1) is 6.92 Å². The molecule has 1 aliphatic heterocycles. The Labute approximate surface area is 268 Å². The number of nitrogens with zero attached hydrogens (tertiary/aromatic N) is 2. The second kappa shape index (κ2) is 13.7. The van der Waals surface area contributed by atoms with Crippen LogP contribution in [0.15, 0.2) is 91.0 Å². The molecule has 0 saturated carbocycles. The van der Waals surface area contributed by atoms with Gasteiger partial charge in [-0.2, -0.15) is 0 Å². The van der Waals surface area contributed by atoms with Crippen LogP contribution in [0.3, 0.4) is 0 Å². The van der Waals surface area contributed by atoms with Crippen molar-refractivity contribution in [1.29, 1.82) is 0 Å². The van der Waals surface area contributed by atoms with Crippen LogP contribution in [-0.4, -0.2) is 49.2 Å². The molecule has 0 spiro atoms. The Hall–Kier alpha value is -5.44. The van der Waals surface area contributed by atoms with E-state index in [1.54, 1.807) is 42.5 Å². The summed E-state index contributed by atoms with van der Waals surface area (Å²) in [6.07, 6.45) is 0. The third-order valence-corrected chi connectivity index (χ3v) is 8.24. The van der Waals surface area contributed by atoms with Gasteiger partial charge in [0.1, 0.15) is 24.1 Å². The number of methoxy groups -OCH3 is 2. The molecule has 4 aromatic carbocycles. The Morgan fingerprint density at radius 3 is 2.20 bits per heavy atom. The standard InChI is InChI=1S/C37H37N3O6/c1-23(2)25-14-16-26(17-15-25)34(36(43)38-30-19-18-28(45-4)20-32(30)46-5)40(21-27-11-7-6-10-24(27)3)33(41)22-39-31-13-9-8-12-29(31)35(42)37(39)44/h6-20,23,34H,21-22H2,1-5H3,(H,38,43). The van der Waals surface area contributed by atoms with Crippen molar-refractivity contribution in [2.24, 2.45) is 0 Å². The Morgan fingerprint density at radius 2 is 1.52 bits per heavy atom. The molecule has 236 valence electrons. The van der Waals surface area contributed by atoms with E-state index in [-0.39, 0.29) is 18.0 Å². The number of benzene rings is 4. The summed E-state index contributed by atoms with van der Waals surface area (Å²) >= 11 is 0. The van der Waals surface area contributed by atoms with Gasteiger partial charge in [0.05, 0.1) is 31.2 Å². The maximum Gasteiger partial charge on any atom is 0.299 e. The van der Waals surface area contributed by atoms with Crippen molar-refractivity contribution >= 4 is 34.9 Å². The van der Waals surface area contributed by atoms with Gasteiger partial charge in [-0.3, -0.25) is 24.1 Å². The van der Waals surface area contributed by atoms with E-state index in [2.05, 4.69) is 19.2 Å². The second-order valence-corrected chi connectivity index (χ2v) is 11.5.